The molecule has 1 saturated heterocycles. The van der Waals surface area contributed by atoms with E-state index in [-0.39, 0.29) is 0 Å². The summed E-state index contributed by atoms with van der Waals surface area (Å²) in [6.07, 6.45) is 2.03. The third kappa shape index (κ3) is 1.70. The topological polar surface area (TPSA) is 32.3 Å². The van der Waals surface area contributed by atoms with E-state index in [9.17, 15) is 4.79 Å². The van der Waals surface area contributed by atoms with Crippen LogP contribution in [-0.2, 0) is 4.79 Å². The number of likely N-dealkylation sites (tertiary alicyclic amines) is 1. The van der Waals surface area contributed by atoms with Crippen molar-refractivity contribution in [3.63, 3.8) is 0 Å². The van der Waals surface area contributed by atoms with Crippen molar-refractivity contribution in [2.75, 3.05) is 19.6 Å². The standard InChI is InChI=1S/C7H14N2O/c1-2-8-7-3-4-9(5-7)6-10/h6-8H,2-5H2,1H3/t7-/m0/s1. The quantitative estimate of drug-likeness (QED) is 0.555. The van der Waals surface area contributed by atoms with Crippen LogP contribution in [0.2, 0.25) is 0 Å². The van der Waals surface area contributed by atoms with Gasteiger partial charge in [-0.1, -0.05) is 6.92 Å². The molecule has 1 aliphatic rings. The molecule has 3 heteroatoms. The molecule has 0 radical (unpaired) electrons. The molecule has 1 fully saturated rings. The van der Waals surface area contributed by atoms with Crippen LogP contribution in [0.15, 0.2) is 0 Å². The summed E-state index contributed by atoms with van der Waals surface area (Å²) in [5, 5.41) is 3.31. The second-order valence-electron chi connectivity index (χ2n) is 2.64. The molecule has 0 aliphatic carbocycles. The summed E-state index contributed by atoms with van der Waals surface area (Å²) in [7, 11) is 0. The maximum Gasteiger partial charge on any atom is 0.209 e. The molecule has 1 heterocycles. The lowest BCUT2D eigenvalue weighted by atomic mass is 10.3. The van der Waals surface area contributed by atoms with Gasteiger partial charge in [-0.3, -0.25) is 4.79 Å². The molecule has 0 saturated carbocycles. The van der Waals surface area contributed by atoms with Crippen LogP contribution in [0.5, 0.6) is 0 Å². The minimum Gasteiger partial charge on any atom is -0.344 e. The molecule has 1 atom stereocenters. The highest BCUT2D eigenvalue weighted by Crippen LogP contribution is 2.05. The van der Waals surface area contributed by atoms with Gasteiger partial charge in [0, 0.05) is 19.1 Å². The Labute approximate surface area is 61.4 Å². The van der Waals surface area contributed by atoms with Crippen LogP contribution in [-0.4, -0.2) is 37.0 Å². The molecule has 0 spiro atoms. The Hall–Kier alpha value is -0.570. The molecule has 0 unspecified atom stereocenters. The van der Waals surface area contributed by atoms with Crippen molar-refractivity contribution in [2.24, 2.45) is 0 Å². The van der Waals surface area contributed by atoms with Crippen molar-refractivity contribution in [2.45, 2.75) is 19.4 Å². The fourth-order valence-corrected chi connectivity index (χ4v) is 1.34. The largest absolute Gasteiger partial charge is 0.344 e. The molecular weight excluding hydrogens is 128 g/mol. The van der Waals surface area contributed by atoms with E-state index in [1.807, 2.05) is 4.90 Å². The van der Waals surface area contributed by atoms with Gasteiger partial charge in [0.2, 0.25) is 6.41 Å². The first-order chi connectivity index (χ1) is 4.86. The van der Waals surface area contributed by atoms with E-state index in [2.05, 4.69) is 12.2 Å². The van der Waals surface area contributed by atoms with Crippen LogP contribution in [0.1, 0.15) is 13.3 Å². The number of hydrogen-bond acceptors (Lipinski definition) is 2. The second kappa shape index (κ2) is 3.56. The predicted octanol–water partition coefficient (Wildman–Crippen LogP) is -0.173. The van der Waals surface area contributed by atoms with Crippen molar-refractivity contribution >= 4 is 6.41 Å². The van der Waals surface area contributed by atoms with E-state index < -0.39 is 0 Å². The van der Waals surface area contributed by atoms with Gasteiger partial charge in [0.05, 0.1) is 0 Å². The van der Waals surface area contributed by atoms with Gasteiger partial charge in [-0.25, -0.2) is 0 Å². The third-order valence-corrected chi connectivity index (χ3v) is 1.86. The SMILES string of the molecule is CCN[C@H]1CCN(C=O)C1. The molecule has 0 bridgehead atoms. The first-order valence-corrected chi connectivity index (χ1v) is 3.79. The second-order valence-corrected chi connectivity index (χ2v) is 2.64. The van der Waals surface area contributed by atoms with Crippen LogP contribution in [0.4, 0.5) is 0 Å². The minimum absolute atomic E-state index is 0.537. The molecule has 0 aromatic heterocycles. The Morgan fingerprint density at radius 1 is 1.80 bits per heavy atom. The average Bonchev–Trinajstić information content (AvgIpc) is 2.37. The van der Waals surface area contributed by atoms with Crippen molar-refractivity contribution in [1.82, 2.24) is 10.2 Å². The molecule has 0 aromatic rings. The van der Waals surface area contributed by atoms with E-state index in [0.29, 0.717) is 6.04 Å². The minimum atomic E-state index is 0.537. The van der Waals surface area contributed by atoms with Gasteiger partial charge in [-0.05, 0) is 13.0 Å². The van der Waals surface area contributed by atoms with Crippen molar-refractivity contribution < 1.29 is 4.79 Å². The van der Waals surface area contributed by atoms with E-state index >= 15 is 0 Å². The van der Waals surface area contributed by atoms with E-state index in [1.54, 1.807) is 0 Å². The van der Waals surface area contributed by atoms with E-state index in [0.717, 1.165) is 32.5 Å². The number of nitrogens with one attached hydrogen (secondary N) is 1. The number of carbonyl (C=O) groups excluding carboxylic acids is 1. The number of likely N-dealkylation sites (N-methyl/N-ethyl adjacent to an activating group) is 1. The maximum atomic E-state index is 10.3. The Kier molecular flexibility index (Phi) is 2.68. The van der Waals surface area contributed by atoms with E-state index in [4.69, 9.17) is 0 Å². The van der Waals surface area contributed by atoms with Gasteiger partial charge in [-0.2, -0.15) is 0 Å². The fraction of sp³-hybridized carbons (Fsp3) is 0.857. The zero-order valence-corrected chi connectivity index (χ0v) is 6.34. The molecule has 58 valence electrons. The summed E-state index contributed by atoms with van der Waals surface area (Å²) < 4.78 is 0. The highest BCUT2D eigenvalue weighted by molar-refractivity contribution is 5.47. The molecule has 1 aliphatic heterocycles. The van der Waals surface area contributed by atoms with Crippen LogP contribution in [0, 0.1) is 0 Å². The van der Waals surface area contributed by atoms with Gasteiger partial charge in [0.15, 0.2) is 0 Å². The predicted molar refractivity (Wildman–Crippen MR) is 39.7 cm³/mol. The Bertz CT molecular complexity index is 116. The molecule has 1 rings (SSSR count). The van der Waals surface area contributed by atoms with Crippen LogP contribution in [0.25, 0.3) is 0 Å². The Balaban J connectivity index is 2.21. The lowest BCUT2D eigenvalue weighted by molar-refractivity contribution is -0.117. The van der Waals surface area contributed by atoms with Crippen molar-refractivity contribution in [1.29, 1.82) is 0 Å². The summed E-state index contributed by atoms with van der Waals surface area (Å²) in [5.41, 5.74) is 0. The van der Waals surface area contributed by atoms with Gasteiger partial charge < -0.3 is 10.2 Å². The monoisotopic (exact) mass is 142 g/mol. The molecular formula is C7H14N2O. The molecule has 1 N–H and O–H groups in total. The van der Waals surface area contributed by atoms with Crippen LogP contribution < -0.4 is 5.32 Å². The average molecular weight is 142 g/mol. The Morgan fingerprint density at radius 3 is 3.10 bits per heavy atom. The number of amides is 1. The van der Waals surface area contributed by atoms with Gasteiger partial charge in [-0.15, -0.1) is 0 Å². The fourth-order valence-electron chi connectivity index (χ4n) is 1.34. The summed E-state index contributed by atoms with van der Waals surface area (Å²) >= 11 is 0. The van der Waals surface area contributed by atoms with Crippen LogP contribution >= 0.6 is 0 Å². The zero-order chi connectivity index (χ0) is 7.40. The van der Waals surface area contributed by atoms with Gasteiger partial charge in [0.25, 0.3) is 0 Å². The summed E-state index contributed by atoms with van der Waals surface area (Å²) in [6.45, 7) is 4.89. The highest BCUT2D eigenvalue weighted by Gasteiger charge is 2.19. The Morgan fingerprint density at radius 2 is 2.60 bits per heavy atom. The number of hydrogen-bond donors (Lipinski definition) is 1. The zero-order valence-electron chi connectivity index (χ0n) is 6.34. The molecule has 10 heavy (non-hydrogen) atoms. The highest BCUT2D eigenvalue weighted by atomic mass is 16.1. The summed E-state index contributed by atoms with van der Waals surface area (Å²) in [5.74, 6) is 0. The van der Waals surface area contributed by atoms with E-state index in [1.165, 1.54) is 0 Å². The molecule has 1 amide bonds. The summed E-state index contributed by atoms with van der Waals surface area (Å²) in [6, 6.07) is 0.537. The number of rotatable bonds is 3. The molecule has 3 nitrogen and oxygen atoms in total. The van der Waals surface area contributed by atoms with Gasteiger partial charge >= 0.3 is 0 Å². The lowest BCUT2D eigenvalue weighted by Crippen LogP contribution is -2.31. The summed E-state index contributed by atoms with van der Waals surface area (Å²) in [4.78, 5) is 12.1. The number of carbonyl (C=O) groups is 1. The normalized spacial score (nSPS) is 25.3. The van der Waals surface area contributed by atoms with Crippen molar-refractivity contribution in [3.05, 3.63) is 0 Å². The number of nitrogens with zero attached hydrogens (tertiary/aromatic N) is 1. The third-order valence-electron chi connectivity index (χ3n) is 1.86. The van der Waals surface area contributed by atoms with Crippen LogP contribution in [0.3, 0.4) is 0 Å². The van der Waals surface area contributed by atoms with Gasteiger partial charge in [0.1, 0.15) is 0 Å². The lowest BCUT2D eigenvalue weighted by Gasteiger charge is -2.10. The molecule has 0 aromatic carbocycles. The maximum absolute atomic E-state index is 10.3. The first kappa shape index (κ1) is 7.54. The van der Waals surface area contributed by atoms with Crippen molar-refractivity contribution in [3.8, 4) is 0 Å². The first-order valence-electron chi connectivity index (χ1n) is 3.79. The smallest absolute Gasteiger partial charge is 0.209 e.